The van der Waals surface area contributed by atoms with Crippen molar-refractivity contribution in [1.29, 1.82) is 0 Å². The van der Waals surface area contributed by atoms with E-state index in [0.717, 1.165) is 23.6 Å². The second kappa shape index (κ2) is 6.87. The molecule has 1 aromatic rings. The fourth-order valence-corrected chi connectivity index (χ4v) is 2.16. The molecule has 2 nitrogen and oxygen atoms in total. The van der Waals surface area contributed by atoms with Gasteiger partial charge < -0.3 is 10.1 Å². The number of hydrogen-bond acceptors (Lipinski definition) is 2. The first-order valence-electron chi connectivity index (χ1n) is 6.11. The van der Waals surface area contributed by atoms with Crippen molar-refractivity contribution < 1.29 is 4.74 Å². The Hall–Kier alpha value is -0.730. The minimum Gasteiger partial charge on any atom is -0.496 e. The van der Waals surface area contributed by atoms with Crippen LogP contribution in [0.25, 0.3) is 0 Å². The minimum atomic E-state index is 0.499. The third-order valence-electron chi connectivity index (χ3n) is 2.71. The van der Waals surface area contributed by atoms with Crippen molar-refractivity contribution in [3.8, 4) is 5.75 Å². The third kappa shape index (κ3) is 4.97. The Labute approximate surface area is 109 Å². The number of aryl methyl sites for hydroxylation is 1. The maximum absolute atomic E-state index is 6.00. The van der Waals surface area contributed by atoms with Gasteiger partial charge in [0.15, 0.2) is 0 Å². The van der Waals surface area contributed by atoms with Gasteiger partial charge in [-0.25, -0.2) is 0 Å². The lowest BCUT2D eigenvalue weighted by atomic mass is 10.0. The number of hydrogen-bond donors (Lipinski definition) is 1. The highest BCUT2D eigenvalue weighted by atomic mass is 35.5. The first kappa shape index (κ1) is 14.3. The molecular weight excluding hydrogens is 234 g/mol. The Morgan fingerprint density at radius 2 is 2.00 bits per heavy atom. The molecule has 1 rings (SSSR count). The van der Waals surface area contributed by atoms with E-state index in [9.17, 15) is 0 Å². The van der Waals surface area contributed by atoms with Crippen LogP contribution in [0.5, 0.6) is 5.75 Å². The Kier molecular flexibility index (Phi) is 5.79. The van der Waals surface area contributed by atoms with Gasteiger partial charge in [0.25, 0.3) is 0 Å². The van der Waals surface area contributed by atoms with Gasteiger partial charge in [0.1, 0.15) is 5.75 Å². The summed E-state index contributed by atoms with van der Waals surface area (Å²) in [6, 6.07) is 6.80. The topological polar surface area (TPSA) is 21.3 Å². The summed E-state index contributed by atoms with van der Waals surface area (Å²) in [5.74, 6) is 0.922. The number of rotatable bonds is 6. The van der Waals surface area contributed by atoms with E-state index in [1.165, 1.54) is 5.56 Å². The van der Waals surface area contributed by atoms with Gasteiger partial charge in [0, 0.05) is 17.1 Å². The van der Waals surface area contributed by atoms with Gasteiger partial charge in [0.05, 0.1) is 7.11 Å². The third-order valence-corrected chi connectivity index (χ3v) is 2.94. The number of ether oxygens (including phenoxy) is 1. The van der Waals surface area contributed by atoms with Crippen LogP contribution < -0.4 is 10.1 Å². The van der Waals surface area contributed by atoms with Crippen molar-refractivity contribution in [2.75, 3.05) is 7.11 Å². The fourth-order valence-electron chi connectivity index (χ4n) is 1.97. The first-order chi connectivity index (χ1) is 8.02. The molecule has 0 aliphatic heterocycles. The molecule has 0 spiro atoms. The van der Waals surface area contributed by atoms with Crippen molar-refractivity contribution in [3.63, 3.8) is 0 Å². The Bertz CT molecular complexity index is 352. The lowest BCUT2D eigenvalue weighted by Gasteiger charge is -2.17. The molecule has 1 N–H and O–H groups in total. The molecule has 0 aliphatic rings. The molecule has 96 valence electrons. The molecular formula is C14H22ClNO. The zero-order valence-electron chi connectivity index (χ0n) is 11.1. The van der Waals surface area contributed by atoms with E-state index < -0.39 is 0 Å². The molecule has 0 saturated carbocycles. The lowest BCUT2D eigenvalue weighted by Crippen LogP contribution is -2.32. The van der Waals surface area contributed by atoms with Crippen LogP contribution in [-0.2, 0) is 6.42 Å². The standard InChI is InChI=1S/C14H22ClNO/c1-10(2)16-11(3)5-6-12-9-13(15)7-8-14(12)17-4/h7-11,16H,5-6H2,1-4H3. The Morgan fingerprint density at radius 1 is 1.29 bits per heavy atom. The van der Waals surface area contributed by atoms with Crippen molar-refractivity contribution in [2.45, 2.75) is 45.7 Å². The van der Waals surface area contributed by atoms with E-state index >= 15 is 0 Å². The van der Waals surface area contributed by atoms with Crippen molar-refractivity contribution >= 4 is 11.6 Å². The average molecular weight is 256 g/mol. The second-order valence-corrected chi connectivity index (χ2v) is 5.15. The summed E-state index contributed by atoms with van der Waals surface area (Å²) in [5.41, 5.74) is 1.18. The zero-order chi connectivity index (χ0) is 12.8. The molecule has 17 heavy (non-hydrogen) atoms. The highest BCUT2D eigenvalue weighted by molar-refractivity contribution is 6.30. The monoisotopic (exact) mass is 255 g/mol. The van der Waals surface area contributed by atoms with Crippen LogP contribution in [0.2, 0.25) is 5.02 Å². The van der Waals surface area contributed by atoms with Gasteiger partial charge in [-0.05, 0) is 43.5 Å². The van der Waals surface area contributed by atoms with Gasteiger partial charge >= 0.3 is 0 Å². The van der Waals surface area contributed by atoms with Crippen LogP contribution >= 0.6 is 11.6 Å². The van der Waals surface area contributed by atoms with E-state index in [0.29, 0.717) is 12.1 Å². The van der Waals surface area contributed by atoms with E-state index in [-0.39, 0.29) is 0 Å². The number of nitrogens with one attached hydrogen (secondary N) is 1. The molecule has 1 unspecified atom stereocenters. The summed E-state index contributed by atoms with van der Waals surface area (Å²) < 4.78 is 5.33. The minimum absolute atomic E-state index is 0.499. The van der Waals surface area contributed by atoms with E-state index in [1.54, 1.807) is 7.11 Å². The predicted molar refractivity (Wildman–Crippen MR) is 74.1 cm³/mol. The normalized spacial score (nSPS) is 12.8. The largest absolute Gasteiger partial charge is 0.496 e. The van der Waals surface area contributed by atoms with E-state index in [2.05, 4.69) is 26.1 Å². The summed E-state index contributed by atoms with van der Waals surface area (Å²) in [4.78, 5) is 0. The molecule has 0 aliphatic carbocycles. The Balaban J connectivity index is 2.58. The van der Waals surface area contributed by atoms with Gasteiger partial charge in [0.2, 0.25) is 0 Å². The smallest absolute Gasteiger partial charge is 0.122 e. The van der Waals surface area contributed by atoms with Crippen LogP contribution in [0.15, 0.2) is 18.2 Å². The SMILES string of the molecule is COc1ccc(Cl)cc1CCC(C)NC(C)C. The van der Waals surface area contributed by atoms with Crippen LogP contribution in [-0.4, -0.2) is 19.2 Å². The summed E-state index contributed by atoms with van der Waals surface area (Å²) in [6.07, 6.45) is 2.06. The van der Waals surface area contributed by atoms with Crippen LogP contribution in [0.4, 0.5) is 0 Å². The molecule has 0 radical (unpaired) electrons. The second-order valence-electron chi connectivity index (χ2n) is 4.72. The molecule has 1 atom stereocenters. The maximum Gasteiger partial charge on any atom is 0.122 e. The molecule has 0 bridgehead atoms. The van der Waals surface area contributed by atoms with Gasteiger partial charge in [-0.15, -0.1) is 0 Å². The van der Waals surface area contributed by atoms with Gasteiger partial charge in [-0.1, -0.05) is 25.4 Å². The maximum atomic E-state index is 6.00. The predicted octanol–water partition coefficient (Wildman–Crippen LogP) is 3.67. The summed E-state index contributed by atoms with van der Waals surface area (Å²) >= 11 is 6.00. The molecule has 0 aromatic heterocycles. The quantitative estimate of drug-likeness (QED) is 0.838. The van der Waals surface area contributed by atoms with E-state index in [4.69, 9.17) is 16.3 Å². The lowest BCUT2D eigenvalue weighted by molar-refractivity contribution is 0.405. The van der Waals surface area contributed by atoms with Crippen LogP contribution in [0, 0.1) is 0 Å². The summed E-state index contributed by atoms with van der Waals surface area (Å²) in [7, 11) is 1.70. The number of benzene rings is 1. The van der Waals surface area contributed by atoms with Crippen molar-refractivity contribution in [3.05, 3.63) is 28.8 Å². The van der Waals surface area contributed by atoms with Gasteiger partial charge in [-0.2, -0.15) is 0 Å². The molecule has 0 fully saturated rings. The fraction of sp³-hybridized carbons (Fsp3) is 0.571. The van der Waals surface area contributed by atoms with Crippen LogP contribution in [0.3, 0.4) is 0 Å². The number of methoxy groups -OCH3 is 1. The highest BCUT2D eigenvalue weighted by Gasteiger charge is 2.08. The number of halogens is 1. The van der Waals surface area contributed by atoms with Crippen molar-refractivity contribution in [1.82, 2.24) is 5.32 Å². The first-order valence-corrected chi connectivity index (χ1v) is 6.49. The molecule has 3 heteroatoms. The highest BCUT2D eigenvalue weighted by Crippen LogP contribution is 2.24. The molecule has 0 heterocycles. The van der Waals surface area contributed by atoms with Gasteiger partial charge in [-0.3, -0.25) is 0 Å². The Morgan fingerprint density at radius 3 is 2.59 bits per heavy atom. The van der Waals surface area contributed by atoms with Crippen LogP contribution in [0.1, 0.15) is 32.8 Å². The summed E-state index contributed by atoms with van der Waals surface area (Å²) in [5, 5.41) is 4.26. The average Bonchev–Trinajstić information content (AvgIpc) is 2.25. The molecule has 0 saturated heterocycles. The van der Waals surface area contributed by atoms with E-state index in [1.807, 2.05) is 18.2 Å². The molecule has 1 aromatic carbocycles. The summed E-state index contributed by atoms with van der Waals surface area (Å²) in [6.45, 7) is 6.53. The van der Waals surface area contributed by atoms with Crippen molar-refractivity contribution in [2.24, 2.45) is 0 Å². The molecule has 0 amide bonds. The zero-order valence-corrected chi connectivity index (χ0v) is 11.8.